The minimum absolute atomic E-state index is 0.0126. The molecule has 0 aromatic rings. The number of carbonyl (C=O) groups is 2. The number of hydrogen-bond donors (Lipinski definition) is 0. The molecule has 0 bridgehead atoms. The molecule has 0 N–H and O–H groups in total. The third-order valence-corrected chi connectivity index (χ3v) is 0.372. The molecule has 0 aromatic carbocycles. The second-order valence-electron chi connectivity index (χ2n) is 0.871. The zero-order chi connectivity index (χ0) is 5.54. The van der Waals surface area contributed by atoms with Crippen LogP contribution in [0, 0.1) is 0 Å². The Kier molecular flexibility index (Phi) is 4.77. The van der Waals surface area contributed by atoms with E-state index in [0.29, 0.717) is 12.6 Å². The molecule has 0 aliphatic heterocycles. The van der Waals surface area contributed by atoms with Gasteiger partial charge in [-0.2, -0.15) is 0 Å². The molecule has 7 heavy (non-hydrogen) atoms. The monoisotopic (exact) mass is 102 g/mol. The molecular formula is C4H6O3. The Morgan fingerprint density at radius 2 is 1.57 bits per heavy atom. The lowest BCUT2D eigenvalue weighted by Gasteiger charge is -1.85. The molecule has 0 spiro atoms. The number of ether oxygens (including phenoxy) is 1. The zero-order valence-electron chi connectivity index (χ0n) is 3.79. The molecule has 0 fully saturated rings. The van der Waals surface area contributed by atoms with Crippen LogP contribution in [0.25, 0.3) is 0 Å². The Bertz CT molecular complexity index is 52.0. The van der Waals surface area contributed by atoms with Crippen LogP contribution in [0.1, 0.15) is 0 Å². The predicted octanol–water partition coefficient (Wildman–Crippen LogP) is -0.599. The Labute approximate surface area is 41.3 Å². The van der Waals surface area contributed by atoms with Gasteiger partial charge in [-0.15, -0.1) is 0 Å². The second kappa shape index (κ2) is 5.30. The minimum Gasteiger partial charge on any atom is -0.367 e. The van der Waals surface area contributed by atoms with Gasteiger partial charge in [-0.25, -0.2) is 0 Å². The van der Waals surface area contributed by atoms with E-state index in [2.05, 4.69) is 4.74 Å². The Balaban J connectivity index is 2.68. The Morgan fingerprint density at radius 3 is 1.86 bits per heavy atom. The molecule has 0 saturated carbocycles. The van der Waals surface area contributed by atoms with Crippen LogP contribution >= 0.6 is 0 Å². The highest BCUT2D eigenvalue weighted by atomic mass is 16.5. The van der Waals surface area contributed by atoms with E-state index in [-0.39, 0.29) is 13.2 Å². The summed E-state index contributed by atoms with van der Waals surface area (Å²) in [4.78, 5) is 18.9. The van der Waals surface area contributed by atoms with Crippen molar-refractivity contribution in [2.45, 2.75) is 0 Å². The molecule has 0 rings (SSSR count). The van der Waals surface area contributed by atoms with Crippen molar-refractivity contribution in [3.05, 3.63) is 0 Å². The smallest absolute Gasteiger partial charge is 0.145 e. The maximum atomic E-state index is 9.44. The van der Waals surface area contributed by atoms with Gasteiger partial charge in [-0.1, -0.05) is 0 Å². The first-order chi connectivity index (χ1) is 3.41. The maximum absolute atomic E-state index is 9.44. The molecule has 0 heterocycles. The molecule has 0 saturated heterocycles. The molecule has 3 nitrogen and oxygen atoms in total. The fourth-order valence-corrected chi connectivity index (χ4v) is 0.164. The molecule has 3 heteroatoms. The average Bonchev–Trinajstić information content (AvgIpc) is 1.69. The fourth-order valence-electron chi connectivity index (χ4n) is 0.164. The third-order valence-electron chi connectivity index (χ3n) is 0.372. The summed E-state index contributed by atoms with van der Waals surface area (Å²) in [6, 6.07) is 0. The summed E-state index contributed by atoms with van der Waals surface area (Å²) in [5, 5.41) is 0. The van der Waals surface area contributed by atoms with Crippen molar-refractivity contribution >= 4 is 12.6 Å². The standard InChI is InChI=1S/C4H6O3/c5-1-3-7-4-2-6/h1-2H,3-4H2. The third kappa shape index (κ3) is 5.30. The highest BCUT2D eigenvalue weighted by molar-refractivity contribution is 5.53. The summed E-state index contributed by atoms with van der Waals surface area (Å²) in [6.07, 6.45) is 1.20. The first-order valence-electron chi connectivity index (χ1n) is 1.87. The van der Waals surface area contributed by atoms with Crippen molar-refractivity contribution in [1.29, 1.82) is 0 Å². The fraction of sp³-hybridized carbons (Fsp3) is 0.500. The average molecular weight is 102 g/mol. The van der Waals surface area contributed by atoms with Gasteiger partial charge < -0.3 is 14.3 Å². The van der Waals surface area contributed by atoms with Gasteiger partial charge in [-0.05, 0) is 0 Å². The lowest BCUT2D eigenvalue weighted by Crippen LogP contribution is -1.97. The van der Waals surface area contributed by atoms with E-state index in [1.165, 1.54) is 0 Å². The lowest BCUT2D eigenvalue weighted by molar-refractivity contribution is -0.116. The Hall–Kier alpha value is -0.700. The largest absolute Gasteiger partial charge is 0.367 e. The summed E-state index contributed by atoms with van der Waals surface area (Å²) >= 11 is 0. The van der Waals surface area contributed by atoms with Gasteiger partial charge in [0, 0.05) is 0 Å². The molecule has 0 amide bonds. The van der Waals surface area contributed by atoms with Gasteiger partial charge in [0.25, 0.3) is 0 Å². The van der Waals surface area contributed by atoms with Crippen LogP contribution in [0.3, 0.4) is 0 Å². The van der Waals surface area contributed by atoms with E-state index in [1.807, 2.05) is 0 Å². The van der Waals surface area contributed by atoms with Crippen molar-refractivity contribution in [2.75, 3.05) is 13.2 Å². The topological polar surface area (TPSA) is 43.4 Å². The predicted molar refractivity (Wildman–Crippen MR) is 22.9 cm³/mol. The summed E-state index contributed by atoms with van der Waals surface area (Å²) in [7, 11) is 0. The maximum Gasteiger partial charge on any atom is 0.145 e. The van der Waals surface area contributed by atoms with Crippen LogP contribution in [0.15, 0.2) is 0 Å². The summed E-state index contributed by atoms with van der Waals surface area (Å²) in [6.45, 7) is 0.0253. The summed E-state index contributed by atoms with van der Waals surface area (Å²) in [5.41, 5.74) is 0. The van der Waals surface area contributed by atoms with Crippen LogP contribution in [0.4, 0.5) is 0 Å². The van der Waals surface area contributed by atoms with E-state index in [4.69, 9.17) is 0 Å². The van der Waals surface area contributed by atoms with Crippen molar-refractivity contribution < 1.29 is 14.3 Å². The van der Waals surface area contributed by atoms with Crippen LogP contribution in [-0.2, 0) is 14.3 Å². The number of rotatable bonds is 4. The van der Waals surface area contributed by atoms with Crippen LogP contribution in [0.5, 0.6) is 0 Å². The number of carbonyl (C=O) groups excluding carboxylic acids is 2. The van der Waals surface area contributed by atoms with E-state index in [0.717, 1.165) is 0 Å². The highest BCUT2D eigenvalue weighted by Crippen LogP contribution is 1.61. The lowest BCUT2D eigenvalue weighted by atomic mass is 10.8. The highest BCUT2D eigenvalue weighted by Gasteiger charge is 1.77. The molecule has 0 aliphatic carbocycles. The van der Waals surface area contributed by atoms with E-state index in [9.17, 15) is 9.59 Å². The van der Waals surface area contributed by atoms with Gasteiger partial charge >= 0.3 is 0 Å². The van der Waals surface area contributed by atoms with Gasteiger partial charge in [0.05, 0.1) is 0 Å². The van der Waals surface area contributed by atoms with E-state index < -0.39 is 0 Å². The van der Waals surface area contributed by atoms with Gasteiger partial charge in [0.1, 0.15) is 25.8 Å². The second-order valence-corrected chi connectivity index (χ2v) is 0.871. The van der Waals surface area contributed by atoms with Crippen LogP contribution < -0.4 is 0 Å². The number of aldehydes is 2. The van der Waals surface area contributed by atoms with Gasteiger partial charge in [0.15, 0.2) is 0 Å². The van der Waals surface area contributed by atoms with Crippen molar-refractivity contribution in [1.82, 2.24) is 0 Å². The molecule has 0 aromatic heterocycles. The minimum atomic E-state index is 0.0126. The summed E-state index contributed by atoms with van der Waals surface area (Å²) in [5.74, 6) is 0. The molecule has 40 valence electrons. The van der Waals surface area contributed by atoms with Gasteiger partial charge in [-0.3, -0.25) is 0 Å². The molecule has 0 aliphatic rings. The van der Waals surface area contributed by atoms with Crippen LogP contribution in [0.2, 0.25) is 0 Å². The molecule has 0 unspecified atom stereocenters. The molecule has 0 radical (unpaired) electrons. The van der Waals surface area contributed by atoms with E-state index in [1.54, 1.807) is 0 Å². The van der Waals surface area contributed by atoms with Crippen molar-refractivity contribution in [2.24, 2.45) is 0 Å². The number of hydrogen-bond acceptors (Lipinski definition) is 3. The first kappa shape index (κ1) is 6.30. The quantitative estimate of drug-likeness (QED) is 0.351. The SMILES string of the molecule is O=CCOCC=O. The Morgan fingerprint density at radius 1 is 1.14 bits per heavy atom. The van der Waals surface area contributed by atoms with Gasteiger partial charge in [0.2, 0.25) is 0 Å². The first-order valence-corrected chi connectivity index (χ1v) is 1.87. The normalized spacial score (nSPS) is 8.00. The summed E-state index contributed by atoms with van der Waals surface area (Å²) < 4.78 is 4.40. The zero-order valence-corrected chi connectivity index (χ0v) is 3.79. The van der Waals surface area contributed by atoms with Crippen LogP contribution in [-0.4, -0.2) is 25.8 Å². The van der Waals surface area contributed by atoms with Crippen molar-refractivity contribution in [3.63, 3.8) is 0 Å². The molecular weight excluding hydrogens is 96.0 g/mol. The van der Waals surface area contributed by atoms with Crippen molar-refractivity contribution in [3.8, 4) is 0 Å². The molecule has 0 atom stereocenters. The van der Waals surface area contributed by atoms with E-state index >= 15 is 0 Å².